The molecule has 1 rings (SSSR count). The van der Waals surface area contributed by atoms with Crippen molar-refractivity contribution in [1.82, 2.24) is 10.6 Å². The SMILES string of the molecule is CCC(C)C(NC(=O)c1ccccc1CCNC)C(=O)O. The average Bonchev–Trinajstić information content (AvgIpc) is 2.49. The van der Waals surface area contributed by atoms with Gasteiger partial charge in [0, 0.05) is 5.56 Å². The Kier molecular flexibility index (Phi) is 6.88. The van der Waals surface area contributed by atoms with Crippen molar-refractivity contribution in [3.8, 4) is 0 Å². The van der Waals surface area contributed by atoms with E-state index in [1.807, 2.05) is 33.0 Å². The molecule has 1 aromatic rings. The van der Waals surface area contributed by atoms with Crippen molar-refractivity contribution < 1.29 is 14.7 Å². The number of rotatable bonds is 8. The molecule has 2 unspecified atom stereocenters. The summed E-state index contributed by atoms with van der Waals surface area (Å²) in [4.78, 5) is 23.7. The standard InChI is InChI=1S/C16H24N2O3/c1-4-11(2)14(16(20)21)18-15(19)13-8-6-5-7-12(13)9-10-17-3/h5-8,11,14,17H,4,9-10H2,1-3H3,(H,18,19)(H,20,21). The number of amides is 1. The number of likely N-dealkylation sites (N-methyl/N-ethyl adjacent to an activating group) is 1. The van der Waals surface area contributed by atoms with Crippen LogP contribution in [0.25, 0.3) is 0 Å². The van der Waals surface area contributed by atoms with Crippen molar-refractivity contribution in [3.05, 3.63) is 35.4 Å². The van der Waals surface area contributed by atoms with Gasteiger partial charge in [-0.05, 0) is 37.6 Å². The van der Waals surface area contributed by atoms with Gasteiger partial charge in [-0.15, -0.1) is 0 Å². The molecule has 1 aromatic carbocycles. The molecule has 0 aliphatic heterocycles. The van der Waals surface area contributed by atoms with Crippen molar-refractivity contribution in [1.29, 1.82) is 0 Å². The molecule has 0 heterocycles. The van der Waals surface area contributed by atoms with E-state index in [0.717, 1.165) is 18.5 Å². The van der Waals surface area contributed by atoms with Gasteiger partial charge in [0.1, 0.15) is 6.04 Å². The highest BCUT2D eigenvalue weighted by molar-refractivity contribution is 5.97. The first-order chi connectivity index (χ1) is 10.0. The molecule has 0 aliphatic carbocycles. The van der Waals surface area contributed by atoms with Gasteiger partial charge in [-0.1, -0.05) is 38.5 Å². The molecular formula is C16H24N2O3. The summed E-state index contributed by atoms with van der Waals surface area (Å²) >= 11 is 0. The molecular weight excluding hydrogens is 268 g/mol. The van der Waals surface area contributed by atoms with E-state index in [1.54, 1.807) is 12.1 Å². The Labute approximate surface area is 125 Å². The third kappa shape index (κ3) is 4.86. The fourth-order valence-corrected chi connectivity index (χ4v) is 2.12. The summed E-state index contributed by atoms with van der Waals surface area (Å²) in [6, 6.07) is 6.43. The highest BCUT2D eigenvalue weighted by Gasteiger charge is 2.26. The third-order valence-corrected chi connectivity index (χ3v) is 3.67. The van der Waals surface area contributed by atoms with Crippen molar-refractivity contribution in [2.24, 2.45) is 5.92 Å². The molecule has 0 saturated heterocycles. The molecule has 0 aliphatic rings. The zero-order chi connectivity index (χ0) is 15.8. The van der Waals surface area contributed by atoms with Crippen LogP contribution in [0.15, 0.2) is 24.3 Å². The van der Waals surface area contributed by atoms with Crippen LogP contribution in [0.3, 0.4) is 0 Å². The molecule has 0 spiro atoms. The molecule has 2 atom stereocenters. The lowest BCUT2D eigenvalue weighted by molar-refractivity contribution is -0.140. The fourth-order valence-electron chi connectivity index (χ4n) is 2.12. The molecule has 0 bridgehead atoms. The number of carbonyl (C=O) groups is 2. The van der Waals surface area contributed by atoms with E-state index in [1.165, 1.54) is 0 Å². The first kappa shape index (κ1) is 17.2. The smallest absolute Gasteiger partial charge is 0.326 e. The number of carbonyl (C=O) groups excluding carboxylic acids is 1. The zero-order valence-corrected chi connectivity index (χ0v) is 12.8. The Morgan fingerprint density at radius 1 is 1.29 bits per heavy atom. The first-order valence-corrected chi connectivity index (χ1v) is 7.27. The van der Waals surface area contributed by atoms with Gasteiger partial charge >= 0.3 is 5.97 Å². The van der Waals surface area contributed by atoms with Crippen LogP contribution in [0.2, 0.25) is 0 Å². The van der Waals surface area contributed by atoms with Crippen LogP contribution < -0.4 is 10.6 Å². The van der Waals surface area contributed by atoms with E-state index >= 15 is 0 Å². The molecule has 0 aromatic heterocycles. The van der Waals surface area contributed by atoms with Crippen LogP contribution in [0.5, 0.6) is 0 Å². The van der Waals surface area contributed by atoms with E-state index in [0.29, 0.717) is 12.0 Å². The third-order valence-electron chi connectivity index (χ3n) is 3.67. The van der Waals surface area contributed by atoms with Gasteiger partial charge in [0.25, 0.3) is 5.91 Å². The molecule has 0 fully saturated rings. The summed E-state index contributed by atoms with van der Waals surface area (Å²) in [5, 5.41) is 14.9. The largest absolute Gasteiger partial charge is 0.480 e. The average molecular weight is 292 g/mol. The minimum Gasteiger partial charge on any atom is -0.480 e. The van der Waals surface area contributed by atoms with Crippen molar-refractivity contribution >= 4 is 11.9 Å². The summed E-state index contributed by atoms with van der Waals surface area (Å²) in [7, 11) is 1.85. The normalized spacial score (nSPS) is 13.5. The molecule has 1 amide bonds. The Morgan fingerprint density at radius 2 is 1.95 bits per heavy atom. The van der Waals surface area contributed by atoms with Crippen LogP contribution in [-0.4, -0.2) is 36.6 Å². The lowest BCUT2D eigenvalue weighted by Gasteiger charge is -2.21. The Bertz CT molecular complexity index is 488. The van der Waals surface area contributed by atoms with E-state index < -0.39 is 12.0 Å². The lowest BCUT2D eigenvalue weighted by atomic mass is 9.98. The number of carboxylic acids is 1. The van der Waals surface area contributed by atoms with Gasteiger partial charge in [0.2, 0.25) is 0 Å². The van der Waals surface area contributed by atoms with Crippen LogP contribution in [-0.2, 0) is 11.2 Å². The number of hydrogen-bond donors (Lipinski definition) is 3. The minimum atomic E-state index is -0.995. The van der Waals surface area contributed by atoms with Crippen LogP contribution in [0, 0.1) is 5.92 Å². The van der Waals surface area contributed by atoms with Gasteiger partial charge in [-0.3, -0.25) is 4.79 Å². The Balaban J connectivity index is 2.90. The van der Waals surface area contributed by atoms with Gasteiger partial charge in [0.05, 0.1) is 0 Å². The van der Waals surface area contributed by atoms with E-state index in [9.17, 15) is 14.7 Å². The highest BCUT2D eigenvalue weighted by atomic mass is 16.4. The second-order valence-corrected chi connectivity index (χ2v) is 5.19. The maximum atomic E-state index is 12.4. The summed E-state index contributed by atoms with van der Waals surface area (Å²) < 4.78 is 0. The Hall–Kier alpha value is -1.88. The molecule has 3 N–H and O–H groups in total. The molecule has 116 valence electrons. The first-order valence-electron chi connectivity index (χ1n) is 7.27. The Morgan fingerprint density at radius 3 is 2.52 bits per heavy atom. The molecule has 21 heavy (non-hydrogen) atoms. The zero-order valence-electron chi connectivity index (χ0n) is 12.8. The van der Waals surface area contributed by atoms with Crippen molar-refractivity contribution in [2.75, 3.05) is 13.6 Å². The predicted octanol–water partition coefficient (Wildman–Crippen LogP) is 1.68. The molecule has 0 saturated carbocycles. The molecule has 5 nitrogen and oxygen atoms in total. The van der Waals surface area contributed by atoms with Gasteiger partial charge < -0.3 is 15.7 Å². The number of benzene rings is 1. The van der Waals surface area contributed by atoms with Crippen molar-refractivity contribution in [2.45, 2.75) is 32.7 Å². The second-order valence-electron chi connectivity index (χ2n) is 5.19. The molecule has 0 radical (unpaired) electrons. The van der Waals surface area contributed by atoms with E-state index in [-0.39, 0.29) is 11.8 Å². The van der Waals surface area contributed by atoms with Crippen LogP contribution in [0.1, 0.15) is 36.2 Å². The van der Waals surface area contributed by atoms with Gasteiger partial charge in [-0.2, -0.15) is 0 Å². The van der Waals surface area contributed by atoms with Gasteiger partial charge in [-0.25, -0.2) is 4.79 Å². The van der Waals surface area contributed by atoms with Crippen molar-refractivity contribution in [3.63, 3.8) is 0 Å². The summed E-state index contributed by atoms with van der Waals surface area (Å²) in [5.74, 6) is -1.43. The molecule has 5 heteroatoms. The lowest BCUT2D eigenvalue weighted by Crippen LogP contribution is -2.45. The monoisotopic (exact) mass is 292 g/mol. The topological polar surface area (TPSA) is 78.4 Å². The highest BCUT2D eigenvalue weighted by Crippen LogP contribution is 2.12. The summed E-state index contributed by atoms with van der Waals surface area (Å²) in [6.45, 7) is 4.50. The number of hydrogen-bond acceptors (Lipinski definition) is 3. The maximum Gasteiger partial charge on any atom is 0.326 e. The summed E-state index contributed by atoms with van der Waals surface area (Å²) in [5.41, 5.74) is 1.46. The van der Waals surface area contributed by atoms with Crippen LogP contribution in [0.4, 0.5) is 0 Å². The number of nitrogens with one attached hydrogen (secondary N) is 2. The predicted molar refractivity (Wildman–Crippen MR) is 82.4 cm³/mol. The van der Waals surface area contributed by atoms with E-state index in [4.69, 9.17) is 0 Å². The minimum absolute atomic E-state index is 0.115. The van der Waals surface area contributed by atoms with Crippen LogP contribution >= 0.6 is 0 Å². The number of aliphatic carboxylic acids is 1. The number of carboxylic acid groups (broad SMARTS) is 1. The maximum absolute atomic E-state index is 12.4. The van der Waals surface area contributed by atoms with Gasteiger partial charge in [0.15, 0.2) is 0 Å². The summed E-state index contributed by atoms with van der Waals surface area (Å²) in [6.07, 6.45) is 1.42. The fraction of sp³-hybridized carbons (Fsp3) is 0.500. The van der Waals surface area contributed by atoms with E-state index in [2.05, 4.69) is 10.6 Å². The second kappa shape index (κ2) is 8.42. The quantitative estimate of drug-likeness (QED) is 0.681.